The fourth-order valence-electron chi connectivity index (χ4n) is 0.285. The van der Waals surface area contributed by atoms with Crippen LogP contribution in [0.2, 0.25) is 0 Å². The zero-order valence-electron chi connectivity index (χ0n) is 3.23. The molecule has 0 atom stereocenters. The van der Waals surface area contributed by atoms with Crippen molar-refractivity contribution in [2.45, 2.75) is 6.42 Å². The molecule has 1 saturated heterocycles. The summed E-state index contributed by atoms with van der Waals surface area (Å²) in [6.45, 7) is 0.699. The van der Waals surface area contributed by atoms with Gasteiger partial charge < -0.3 is 4.74 Å². The molecule has 0 radical (unpaired) electrons. The molecular weight excluding hydrogens is 80.0 g/mol. The fourth-order valence-corrected chi connectivity index (χ4v) is 0.285. The molecule has 2 nitrogen and oxygen atoms in total. The van der Waals surface area contributed by atoms with E-state index in [1.54, 1.807) is 5.94 Å². The van der Waals surface area contributed by atoms with Gasteiger partial charge in [0.2, 0.25) is 0 Å². The molecule has 1 heterocycles. The molecule has 0 unspecified atom stereocenters. The first-order chi connectivity index (χ1) is 2.93. The average Bonchev–Trinajstić information content (AvgIpc) is 1.31. The van der Waals surface area contributed by atoms with Gasteiger partial charge in [0, 0.05) is 0 Å². The highest BCUT2D eigenvalue weighted by Crippen LogP contribution is 2.09. The van der Waals surface area contributed by atoms with Crippen LogP contribution in [0.5, 0.6) is 0 Å². The van der Waals surface area contributed by atoms with E-state index in [1.807, 2.05) is 0 Å². The Morgan fingerprint density at radius 3 is 2.50 bits per heavy atom. The second kappa shape index (κ2) is 1.15. The lowest BCUT2D eigenvalue weighted by atomic mass is 10.3. The van der Waals surface area contributed by atoms with Crippen LogP contribution in [-0.4, -0.2) is 12.5 Å². The number of hydrogen-bond donors (Lipinski definition) is 0. The zero-order valence-corrected chi connectivity index (χ0v) is 3.23. The Morgan fingerprint density at radius 2 is 2.50 bits per heavy atom. The Balaban J connectivity index is 2.55. The number of ether oxygens (including phenoxy) is 1. The third-order valence-electron chi connectivity index (χ3n) is 0.719. The highest BCUT2D eigenvalue weighted by atomic mass is 16.5. The van der Waals surface area contributed by atoms with E-state index in [0.717, 1.165) is 6.42 Å². The third kappa shape index (κ3) is 0.313. The van der Waals surface area contributed by atoms with Crippen molar-refractivity contribution in [3.05, 3.63) is 5.76 Å². The Hall–Kier alpha value is -0.750. The first kappa shape index (κ1) is 3.44. The maximum atomic E-state index is 9.50. The quantitative estimate of drug-likeness (QED) is 0.390. The molecule has 0 aromatic carbocycles. The lowest BCUT2D eigenvalue weighted by molar-refractivity contribution is 0.122. The number of rotatable bonds is 0. The molecule has 0 N–H and O–H groups in total. The Kier molecular flexibility index (Phi) is 0.659. The van der Waals surface area contributed by atoms with E-state index in [2.05, 4.69) is 4.74 Å². The first-order valence-electron chi connectivity index (χ1n) is 1.80. The van der Waals surface area contributed by atoms with Gasteiger partial charge in [0.15, 0.2) is 11.7 Å². The van der Waals surface area contributed by atoms with E-state index in [1.165, 1.54) is 0 Å². The maximum Gasteiger partial charge on any atom is 0.182 e. The van der Waals surface area contributed by atoms with E-state index in [-0.39, 0.29) is 0 Å². The van der Waals surface area contributed by atoms with Crippen molar-refractivity contribution in [3.63, 3.8) is 0 Å². The molecule has 0 aliphatic carbocycles. The van der Waals surface area contributed by atoms with Gasteiger partial charge in [-0.2, -0.15) is 0 Å². The zero-order chi connectivity index (χ0) is 4.41. The predicted octanol–water partition coefficient (Wildman–Crippen LogP) is 0.122. The van der Waals surface area contributed by atoms with Gasteiger partial charge in [-0.05, 0) is 0 Å². The summed E-state index contributed by atoms with van der Waals surface area (Å²) in [6.07, 6.45) is 0.781. The SMILES string of the molecule is O=C=C1CCO1. The highest BCUT2D eigenvalue weighted by Gasteiger charge is 2.08. The summed E-state index contributed by atoms with van der Waals surface area (Å²) in [5, 5.41) is 0. The minimum Gasteiger partial charge on any atom is -0.486 e. The smallest absolute Gasteiger partial charge is 0.182 e. The Bertz CT molecular complexity index is 94.1. The van der Waals surface area contributed by atoms with Crippen LogP contribution in [0.3, 0.4) is 0 Å². The topological polar surface area (TPSA) is 26.3 Å². The third-order valence-corrected chi connectivity index (χ3v) is 0.719. The summed E-state index contributed by atoms with van der Waals surface area (Å²) in [5.41, 5.74) is 0. The summed E-state index contributed by atoms with van der Waals surface area (Å²) in [4.78, 5) is 9.50. The van der Waals surface area contributed by atoms with Gasteiger partial charge in [-0.15, -0.1) is 0 Å². The van der Waals surface area contributed by atoms with Gasteiger partial charge in [0.05, 0.1) is 13.0 Å². The van der Waals surface area contributed by atoms with Crippen LogP contribution in [0, 0.1) is 0 Å². The van der Waals surface area contributed by atoms with Crippen LogP contribution in [0.1, 0.15) is 6.42 Å². The van der Waals surface area contributed by atoms with Crippen molar-refractivity contribution in [3.8, 4) is 0 Å². The molecule has 2 heteroatoms. The van der Waals surface area contributed by atoms with Crippen molar-refractivity contribution in [2.75, 3.05) is 6.61 Å². The molecule has 32 valence electrons. The summed E-state index contributed by atoms with van der Waals surface area (Å²) in [5.74, 6) is 2.11. The summed E-state index contributed by atoms with van der Waals surface area (Å²) in [6, 6.07) is 0. The van der Waals surface area contributed by atoms with Gasteiger partial charge in [0.1, 0.15) is 0 Å². The number of hydrogen-bond acceptors (Lipinski definition) is 2. The lowest BCUT2D eigenvalue weighted by Gasteiger charge is -2.12. The van der Waals surface area contributed by atoms with Crippen molar-refractivity contribution < 1.29 is 9.53 Å². The molecule has 0 spiro atoms. The molecule has 1 rings (SSSR count). The molecule has 0 saturated carbocycles. The number of carbonyl (C=O) groups excluding carboxylic acids is 1. The predicted molar refractivity (Wildman–Crippen MR) is 19.8 cm³/mol. The molecule has 0 amide bonds. The average molecular weight is 84.1 g/mol. The van der Waals surface area contributed by atoms with Crippen LogP contribution in [0.15, 0.2) is 5.76 Å². The van der Waals surface area contributed by atoms with Crippen LogP contribution in [-0.2, 0) is 9.53 Å². The largest absolute Gasteiger partial charge is 0.486 e. The van der Waals surface area contributed by atoms with Crippen molar-refractivity contribution in [1.29, 1.82) is 0 Å². The minimum atomic E-state index is 0.468. The Morgan fingerprint density at radius 1 is 1.83 bits per heavy atom. The molecule has 0 aromatic heterocycles. The summed E-state index contributed by atoms with van der Waals surface area (Å²) in [7, 11) is 0. The van der Waals surface area contributed by atoms with Gasteiger partial charge >= 0.3 is 0 Å². The molecule has 0 bridgehead atoms. The lowest BCUT2D eigenvalue weighted by Crippen LogP contribution is -2.08. The van der Waals surface area contributed by atoms with Crippen LogP contribution >= 0.6 is 0 Å². The van der Waals surface area contributed by atoms with Gasteiger partial charge in [-0.1, -0.05) is 0 Å². The monoisotopic (exact) mass is 84.0 g/mol. The fraction of sp³-hybridized carbons (Fsp3) is 0.500. The molecule has 1 aliphatic rings. The molecule has 6 heavy (non-hydrogen) atoms. The highest BCUT2D eigenvalue weighted by molar-refractivity contribution is 5.50. The summed E-state index contributed by atoms with van der Waals surface area (Å²) >= 11 is 0. The minimum absolute atomic E-state index is 0.468. The van der Waals surface area contributed by atoms with Gasteiger partial charge in [0.25, 0.3) is 0 Å². The van der Waals surface area contributed by atoms with Crippen molar-refractivity contribution >= 4 is 5.94 Å². The van der Waals surface area contributed by atoms with E-state index in [9.17, 15) is 4.79 Å². The van der Waals surface area contributed by atoms with Crippen molar-refractivity contribution in [1.82, 2.24) is 0 Å². The van der Waals surface area contributed by atoms with E-state index in [0.29, 0.717) is 12.4 Å². The standard InChI is InChI=1S/C4H4O2/c5-3-4-1-2-6-4/h1-2H2. The van der Waals surface area contributed by atoms with Crippen molar-refractivity contribution in [2.24, 2.45) is 0 Å². The molecule has 1 aliphatic heterocycles. The first-order valence-corrected chi connectivity index (χ1v) is 1.80. The van der Waals surface area contributed by atoms with E-state index >= 15 is 0 Å². The van der Waals surface area contributed by atoms with Crippen LogP contribution in [0.4, 0.5) is 0 Å². The van der Waals surface area contributed by atoms with Gasteiger partial charge in [-0.25, -0.2) is 4.79 Å². The van der Waals surface area contributed by atoms with Gasteiger partial charge in [-0.3, -0.25) is 0 Å². The van der Waals surface area contributed by atoms with Crippen LogP contribution < -0.4 is 0 Å². The van der Waals surface area contributed by atoms with E-state index in [4.69, 9.17) is 0 Å². The normalized spacial score (nSPS) is 17.7. The van der Waals surface area contributed by atoms with Crippen LogP contribution in [0.25, 0.3) is 0 Å². The maximum absolute atomic E-state index is 9.50. The molecular formula is C4H4O2. The van der Waals surface area contributed by atoms with E-state index < -0.39 is 0 Å². The second-order valence-corrected chi connectivity index (χ2v) is 1.12. The summed E-state index contributed by atoms with van der Waals surface area (Å²) < 4.78 is 4.57. The Labute approximate surface area is 35.4 Å². The molecule has 0 aromatic rings. The second-order valence-electron chi connectivity index (χ2n) is 1.12. The molecule has 1 fully saturated rings.